The number of halogens is 5. The molecule has 0 bridgehead atoms. The molecule has 1 aliphatic rings. The van der Waals surface area contributed by atoms with Gasteiger partial charge in [-0.15, -0.1) is 0 Å². The number of hydrogen-bond donors (Lipinski definition) is 1. The molecule has 0 atom stereocenters. The highest BCUT2D eigenvalue weighted by Crippen LogP contribution is 2.34. The van der Waals surface area contributed by atoms with Crippen LogP contribution in [0.2, 0.25) is 0 Å². The summed E-state index contributed by atoms with van der Waals surface area (Å²) >= 11 is 0. The number of carbonyl (C=O) groups excluding carboxylic acids is 2. The Kier molecular flexibility index (Phi) is 7.29. The Morgan fingerprint density at radius 1 is 1.00 bits per heavy atom. The molecule has 0 spiro atoms. The number of alkyl halides is 5. The highest BCUT2D eigenvalue weighted by atomic mass is 19.4. The number of hydrogen-bond acceptors (Lipinski definition) is 4. The van der Waals surface area contributed by atoms with Gasteiger partial charge in [0.1, 0.15) is 11.5 Å². The molecule has 0 aliphatic carbocycles. The van der Waals surface area contributed by atoms with Gasteiger partial charge in [-0.25, -0.2) is 8.78 Å². The number of aromatic nitrogens is 1. The summed E-state index contributed by atoms with van der Waals surface area (Å²) in [6.07, 6.45) is -6.23. The van der Waals surface area contributed by atoms with E-state index in [1.807, 2.05) is 4.90 Å². The lowest BCUT2D eigenvalue weighted by atomic mass is 10.00. The van der Waals surface area contributed by atoms with Crippen molar-refractivity contribution in [3.05, 3.63) is 88.2 Å². The number of pyridine rings is 1. The molecule has 3 aromatic rings. The Labute approximate surface area is 210 Å². The second kappa shape index (κ2) is 10.3. The first kappa shape index (κ1) is 26.2. The van der Waals surface area contributed by atoms with Gasteiger partial charge in [-0.05, 0) is 59.2 Å². The number of benzene rings is 2. The van der Waals surface area contributed by atoms with E-state index >= 15 is 0 Å². The number of anilines is 2. The van der Waals surface area contributed by atoms with Gasteiger partial charge in [0, 0.05) is 43.0 Å². The summed E-state index contributed by atoms with van der Waals surface area (Å²) in [6.45, 7) is 4.33. The first-order valence-corrected chi connectivity index (χ1v) is 11.6. The topological polar surface area (TPSA) is 62.3 Å². The monoisotopic (exact) mass is 517 g/mol. The van der Waals surface area contributed by atoms with Crippen molar-refractivity contribution < 1.29 is 31.5 Å². The highest BCUT2D eigenvalue weighted by Gasteiger charge is 2.30. The van der Waals surface area contributed by atoms with E-state index in [0.717, 1.165) is 23.3 Å². The van der Waals surface area contributed by atoms with Crippen LogP contribution in [0.4, 0.5) is 33.3 Å². The van der Waals surface area contributed by atoms with E-state index in [1.54, 1.807) is 32.0 Å². The van der Waals surface area contributed by atoms with E-state index in [4.69, 9.17) is 0 Å². The van der Waals surface area contributed by atoms with Crippen LogP contribution in [0.3, 0.4) is 0 Å². The predicted molar refractivity (Wildman–Crippen MR) is 128 cm³/mol. The fraction of sp³-hybridized carbons (Fsp3) is 0.296. The third kappa shape index (κ3) is 5.95. The molecule has 2 aromatic carbocycles. The van der Waals surface area contributed by atoms with Gasteiger partial charge in [0.2, 0.25) is 0 Å². The van der Waals surface area contributed by atoms with Crippen molar-refractivity contribution >= 4 is 23.1 Å². The average Bonchev–Trinajstić information content (AvgIpc) is 3.26. The maximum absolute atomic E-state index is 13.5. The third-order valence-electron chi connectivity index (χ3n) is 6.20. The molecule has 0 saturated heterocycles. The molecule has 1 N–H and O–H groups in total. The van der Waals surface area contributed by atoms with Gasteiger partial charge in [-0.3, -0.25) is 14.6 Å². The summed E-state index contributed by atoms with van der Waals surface area (Å²) < 4.78 is 65.7. The van der Waals surface area contributed by atoms with Crippen molar-refractivity contribution in [1.29, 1.82) is 0 Å². The number of nitrogens with zero attached hydrogens (tertiary/aromatic N) is 2. The fourth-order valence-corrected chi connectivity index (χ4v) is 4.09. The molecular formula is C27H24F5N3O2. The Morgan fingerprint density at radius 3 is 2.30 bits per heavy atom. The van der Waals surface area contributed by atoms with Gasteiger partial charge in [0.05, 0.1) is 11.1 Å². The molecule has 10 heteroatoms. The van der Waals surface area contributed by atoms with E-state index in [0.29, 0.717) is 30.0 Å². The fourth-order valence-electron chi connectivity index (χ4n) is 4.09. The first-order valence-electron chi connectivity index (χ1n) is 11.6. The second-order valence-electron chi connectivity index (χ2n) is 9.21. The van der Waals surface area contributed by atoms with Crippen LogP contribution in [-0.4, -0.2) is 16.7 Å². The Morgan fingerprint density at radius 2 is 1.68 bits per heavy atom. The minimum atomic E-state index is -4.41. The Balaban J connectivity index is 1.51. The van der Waals surface area contributed by atoms with Crippen molar-refractivity contribution in [2.24, 2.45) is 5.92 Å². The summed E-state index contributed by atoms with van der Waals surface area (Å²) in [7, 11) is 0. The van der Waals surface area contributed by atoms with E-state index in [9.17, 15) is 31.5 Å². The molecule has 0 saturated carbocycles. The van der Waals surface area contributed by atoms with Crippen LogP contribution < -0.4 is 10.2 Å². The Hall–Kier alpha value is -3.82. The largest absolute Gasteiger partial charge is 0.416 e. The van der Waals surface area contributed by atoms with Crippen LogP contribution >= 0.6 is 0 Å². The zero-order valence-corrected chi connectivity index (χ0v) is 20.1. The van der Waals surface area contributed by atoms with Crippen molar-refractivity contribution in [2.75, 3.05) is 10.2 Å². The van der Waals surface area contributed by atoms with Crippen molar-refractivity contribution in [3.8, 4) is 0 Å². The summed E-state index contributed by atoms with van der Waals surface area (Å²) in [4.78, 5) is 30.6. The van der Waals surface area contributed by atoms with Gasteiger partial charge in [-0.1, -0.05) is 19.9 Å². The number of nitrogens with one attached hydrogen (secondary N) is 1. The van der Waals surface area contributed by atoms with Crippen LogP contribution in [0.15, 0.2) is 54.7 Å². The number of carbonyl (C=O) groups is 2. The third-order valence-corrected chi connectivity index (χ3v) is 6.20. The van der Waals surface area contributed by atoms with Gasteiger partial charge in [0.15, 0.2) is 0 Å². The number of ketones is 1. The Bertz CT molecular complexity index is 1320. The quantitative estimate of drug-likeness (QED) is 0.360. The zero-order valence-electron chi connectivity index (χ0n) is 20.1. The number of rotatable bonds is 7. The number of amides is 1. The maximum atomic E-state index is 13.5. The van der Waals surface area contributed by atoms with E-state index in [-0.39, 0.29) is 23.7 Å². The molecule has 1 aromatic heterocycles. The van der Waals surface area contributed by atoms with Crippen molar-refractivity contribution in [3.63, 3.8) is 0 Å². The van der Waals surface area contributed by atoms with Crippen LogP contribution in [0, 0.1) is 5.92 Å². The van der Waals surface area contributed by atoms with Gasteiger partial charge in [-0.2, -0.15) is 13.2 Å². The summed E-state index contributed by atoms with van der Waals surface area (Å²) in [5, 5.41) is 2.62. The molecule has 5 nitrogen and oxygen atoms in total. The van der Waals surface area contributed by atoms with Crippen LogP contribution in [0.5, 0.6) is 0 Å². The van der Waals surface area contributed by atoms with Crippen molar-refractivity contribution in [2.45, 2.75) is 46.0 Å². The van der Waals surface area contributed by atoms with Gasteiger partial charge >= 0.3 is 6.18 Å². The summed E-state index contributed by atoms with van der Waals surface area (Å²) in [5.74, 6) is -1.13. The van der Waals surface area contributed by atoms with E-state index < -0.39 is 29.8 Å². The lowest BCUT2D eigenvalue weighted by Gasteiger charge is -2.18. The van der Waals surface area contributed by atoms with Crippen LogP contribution in [-0.2, 0) is 30.5 Å². The van der Waals surface area contributed by atoms with Gasteiger partial charge in [0.25, 0.3) is 12.3 Å². The lowest BCUT2D eigenvalue weighted by Crippen LogP contribution is -2.17. The molecule has 37 heavy (non-hydrogen) atoms. The summed E-state index contributed by atoms with van der Waals surface area (Å²) in [6, 6.07) is 11.3. The van der Waals surface area contributed by atoms with Crippen LogP contribution in [0.1, 0.15) is 58.6 Å². The molecular weight excluding hydrogens is 493 g/mol. The summed E-state index contributed by atoms with van der Waals surface area (Å²) in [5.41, 5.74) is 1.44. The zero-order chi connectivity index (χ0) is 26.9. The molecule has 1 aliphatic heterocycles. The SMILES string of the molecule is CC(C)C(=O)Cc1cnc(C(F)F)c(C(=O)Nc2ccc3c(c2)CN(c2ccc(C(F)(F)F)cc2)C3)c1. The normalized spacial score (nSPS) is 13.3. The lowest BCUT2D eigenvalue weighted by molar-refractivity contribution is -0.137. The minimum Gasteiger partial charge on any atom is -0.363 e. The predicted octanol–water partition coefficient (Wildman–Crippen LogP) is 6.58. The minimum absolute atomic E-state index is 0.0207. The molecule has 4 rings (SSSR count). The number of fused-ring (bicyclic) bond motifs is 1. The molecule has 194 valence electrons. The molecule has 0 fully saturated rings. The molecule has 0 unspecified atom stereocenters. The number of Topliss-reactive ketones (excluding diaryl/α,β-unsaturated/α-hetero) is 1. The van der Waals surface area contributed by atoms with Gasteiger partial charge < -0.3 is 10.2 Å². The first-order chi connectivity index (χ1) is 17.4. The standard InChI is InChI=1S/C27H24F5N3O2/c1-15(2)23(36)10-16-9-22(24(25(28)29)33-12-16)26(37)34-20-6-3-17-13-35(14-18(17)11-20)21-7-4-19(5-8-21)27(30,31)32/h3-9,11-12,15,25H,10,13-14H2,1-2H3,(H,34,37). The molecule has 0 radical (unpaired) electrons. The average molecular weight is 517 g/mol. The smallest absolute Gasteiger partial charge is 0.363 e. The highest BCUT2D eigenvalue weighted by molar-refractivity contribution is 6.05. The molecule has 2 heterocycles. The van der Waals surface area contributed by atoms with Crippen molar-refractivity contribution in [1.82, 2.24) is 4.98 Å². The van der Waals surface area contributed by atoms with E-state index in [2.05, 4.69) is 10.3 Å². The second-order valence-corrected chi connectivity index (χ2v) is 9.21. The van der Waals surface area contributed by atoms with E-state index in [1.165, 1.54) is 24.4 Å². The van der Waals surface area contributed by atoms with Crippen LogP contribution in [0.25, 0.3) is 0 Å². The molecule has 1 amide bonds. The maximum Gasteiger partial charge on any atom is 0.416 e.